The van der Waals surface area contributed by atoms with Crippen LogP contribution in [0.1, 0.15) is 11.1 Å². The van der Waals surface area contributed by atoms with E-state index in [1.54, 1.807) is 60.7 Å². The second-order valence-electron chi connectivity index (χ2n) is 5.24. The molecule has 0 saturated carbocycles. The van der Waals surface area contributed by atoms with Gasteiger partial charge in [-0.15, -0.1) is 0 Å². The van der Waals surface area contributed by atoms with Gasteiger partial charge in [-0.1, -0.05) is 72.8 Å². The van der Waals surface area contributed by atoms with Crippen LogP contribution in [-0.4, -0.2) is 0 Å². The van der Waals surface area contributed by atoms with Gasteiger partial charge in [0.05, 0.1) is 12.7 Å². The molecule has 0 aromatic heterocycles. The lowest BCUT2D eigenvalue weighted by Crippen LogP contribution is -1.88. The molecular weight excluding hydrogens is 340 g/mol. The molecule has 0 aliphatic heterocycles. The number of halogens is 4. The summed E-state index contributed by atoms with van der Waals surface area (Å²) in [5.74, 6) is -2.97. The fourth-order valence-corrected chi connectivity index (χ4v) is 2.07. The van der Waals surface area contributed by atoms with E-state index < -0.39 is 22.8 Å². The first-order chi connectivity index (χ1) is 12.7. The van der Waals surface area contributed by atoms with Crippen LogP contribution >= 0.6 is 0 Å². The highest BCUT2D eigenvalue weighted by Crippen LogP contribution is 2.26. The van der Waals surface area contributed by atoms with Gasteiger partial charge in [0.2, 0.25) is 0 Å². The first kappa shape index (κ1) is 19.2. The lowest BCUT2D eigenvalue weighted by atomic mass is 10.1. The summed E-state index contributed by atoms with van der Waals surface area (Å²) in [6, 6.07) is 17.5. The van der Waals surface area contributed by atoms with Crippen LogP contribution in [0, 0.1) is 0 Å². The van der Waals surface area contributed by atoms with Gasteiger partial charge in [0, 0.05) is 11.1 Å². The summed E-state index contributed by atoms with van der Waals surface area (Å²) in [5, 5.41) is 0. The molecule has 2 aromatic carbocycles. The molecule has 0 saturated heterocycles. The smallest absolute Gasteiger partial charge is 0.169 e. The predicted octanol–water partition coefficient (Wildman–Crippen LogP) is 7.27. The van der Waals surface area contributed by atoms with Crippen molar-refractivity contribution in [3.05, 3.63) is 119 Å². The highest BCUT2D eigenvalue weighted by molar-refractivity contribution is 5.59. The molecule has 0 bridgehead atoms. The minimum Gasteiger partial charge on any atom is -0.215 e. The molecule has 0 fully saturated rings. The van der Waals surface area contributed by atoms with Crippen molar-refractivity contribution in [2.75, 3.05) is 0 Å². The largest absolute Gasteiger partial charge is 0.215 e. The fourth-order valence-electron chi connectivity index (χ4n) is 2.07. The van der Waals surface area contributed by atoms with Crippen LogP contribution in [0.15, 0.2) is 108 Å². The summed E-state index contributed by atoms with van der Waals surface area (Å²) in [7, 11) is 0. The zero-order valence-corrected chi connectivity index (χ0v) is 13.7. The zero-order chi connectivity index (χ0) is 18.8. The number of allylic oxidation sites excluding steroid dienone is 6. The van der Waals surface area contributed by atoms with E-state index in [2.05, 4.69) is 0 Å². The molecule has 132 valence electrons. The number of rotatable bonds is 6. The average molecular weight is 356 g/mol. The molecule has 0 spiro atoms. The summed E-state index contributed by atoms with van der Waals surface area (Å²) in [6.07, 6.45) is 4.89. The van der Waals surface area contributed by atoms with Gasteiger partial charge in [-0.2, -0.15) is 0 Å². The van der Waals surface area contributed by atoms with Gasteiger partial charge in [0.15, 0.2) is 11.7 Å². The Balaban J connectivity index is 2.24. The minimum absolute atomic E-state index is 0.0644. The molecule has 0 radical (unpaired) electrons. The standard InChI is InChI=1S/C22H16F4/c23-15-19(13-11-17-7-3-1-4-8-17)21(25)22(26)20(16-24)14-12-18-9-5-2-6-10-18/h1-16H/b13-11+,14-12+,19-15+,20-16?,22-21-. The lowest BCUT2D eigenvalue weighted by molar-refractivity contribution is 0.551. The van der Waals surface area contributed by atoms with Crippen molar-refractivity contribution < 1.29 is 17.6 Å². The highest BCUT2D eigenvalue weighted by Gasteiger charge is 2.13. The van der Waals surface area contributed by atoms with E-state index in [1.165, 1.54) is 12.2 Å². The predicted molar refractivity (Wildman–Crippen MR) is 98.6 cm³/mol. The van der Waals surface area contributed by atoms with Crippen molar-refractivity contribution in [2.45, 2.75) is 0 Å². The quantitative estimate of drug-likeness (QED) is 0.377. The fraction of sp³-hybridized carbons (Fsp3) is 0. The van der Waals surface area contributed by atoms with Crippen LogP contribution < -0.4 is 0 Å². The van der Waals surface area contributed by atoms with Crippen molar-refractivity contribution in [3.63, 3.8) is 0 Å². The third-order valence-corrected chi connectivity index (χ3v) is 3.44. The Hall–Kier alpha value is -3.14. The summed E-state index contributed by atoms with van der Waals surface area (Å²) in [4.78, 5) is 0. The molecule has 2 rings (SSSR count). The third kappa shape index (κ3) is 5.45. The molecule has 2 aromatic rings. The molecule has 0 atom stereocenters. The van der Waals surface area contributed by atoms with Crippen molar-refractivity contribution in [1.29, 1.82) is 0 Å². The maximum atomic E-state index is 14.2. The topological polar surface area (TPSA) is 0 Å². The molecule has 0 amide bonds. The molecule has 0 aliphatic rings. The molecule has 0 heterocycles. The van der Waals surface area contributed by atoms with E-state index in [9.17, 15) is 17.6 Å². The van der Waals surface area contributed by atoms with E-state index in [0.29, 0.717) is 11.1 Å². The lowest BCUT2D eigenvalue weighted by Gasteiger charge is -2.02. The molecule has 0 nitrogen and oxygen atoms in total. The van der Waals surface area contributed by atoms with Crippen molar-refractivity contribution in [1.82, 2.24) is 0 Å². The van der Waals surface area contributed by atoms with E-state index in [1.807, 2.05) is 0 Å². The van der Waals surface area contributed by atoms with E-state index >= 15 is 0 Å². The highest BCUT2D eigenvalue weighted by atomic mass is 19.2. The van der Waals surface area contributed by atoms with Gasteiger partial charge in [-0.25, -0.2) is 17.6 Å². The Morgan fingerprint density at radius 3 is 1.23 bits per heavy atom. The van der Waals surface area contributed by atoms with Gasteiger partial charge >= 0.3 is 0 Å². The SMILES string of the molecule is FC=C(/C=C/c1ccccc1)\C(F)=C(F)/C(/C=C/c1ccccc1)=C/F. The maximum Gasteiger partial charge on any atom is 0.169 e. The third-order valence-electron chi connectivity index (χ3n) is 3.44. The van der Waals surface area contributed by atoms with Crippen LogP contribution in [0.4, 0.5) is 17.6 Å². The summed E-state index contributed by atoms with van der Waals surface area (Å²) in [5.41, 5.74) is 0.119. The Morgan fingerprint density at radius 1 is 0.577 bits per heavy atom. The van der Waals surface area contributed by atoms with Gasteiger partial charge in [0.25, 0.3) is 0 Å². The second-order valence-corrected chi connectivity index (χ2v) is 5.24. The van der Waals surface area contributed by atoms with Crippen molar-refractivity contribution in [3.8, 4) is 0 Å². The summed E-state index contributed by atoms with van der Waals surface area (Å²) >= 11 is 0. The van der Waals surface area contributed by atoms with Crippen LogP contribution in [0.25, 0.3) is 12.2 Å². The van der Waals surface area contributed by atoms with Gasteiger partial charge < -0.3 is 0 Å². The molecule has 26 heavy (non-hydrogen) atoms. The Kier molecular flexibility index (Phi) is 7.37. The molecule has 0 N–H and O–H groups in total. The van der Waals surface area contributed by atoms with Crippen molar-refractivity contribution in [2.24, 2.45) is 0 Å². The van der Waals surface area contributed by atoms with Crippen molar-refractivity contribution >= 4 is 12.2 Å². The Morgan fingerprint density at radius 2 is 0.923 bits per heavy atom. The minimum atomic E-state index is -1.48. The normalized spacial score (nSPS) is 14.2. The molecule has 0 unspecified atom stereocenters. The van der Waals surface area contributed by atoms with Crippen LogP contribution in [0.3, 0.4) is 0 Å². The van der Waals surface area contributed by atoms with Gasteiger partial charge in [-0.05, 0) is 23.3 Å². The van der Waals surface area contributed by atoms with E-state index in [-0.39, 0.29) is 12.7 Å². The Bertz CT molecular complexity index is 784. The second kappa shape index (κ2) is 9.99. The first-order valence-electron chi connectivity index (χ1n) is 7.78. The van der Waals surface area contributed by atoms with E-state index in [4.69, 9.17) is 0 Å². The average Bonchev–Trinajstić information content (AvgIpc) is 2.70. The number of benzene rings is 2. The first-order valence-corrected chi connectivity index (χ1v) is 7.78. The maximum absolute atomic E-state index is 14.2. The molecule has 0 aliphatic carbocycles. The Labute approximate surface area is 149 Å². The summed E-state index contributed by atoms with van der Waals surface area (Å²) in [6.45, 7) is 0. The van der Waals surface area contributed by atoms with Gasteiger partial charge in [0.1, 0.15) is 0 Å². The zero-order valence-electron chi connectivity index (χ0n) is 13.7. The van der Waals surface area contributed by atoms with Gasteiger partial charge in [-0.3, -0.25) is 0 Å². The summed E-state index contributed by atoms with van der Waals surface area (Å²) < 4.78 is 54.5. The van der Waals surface area contributed by atoms with Crippen LogP contribution in [0.2, 0.25) is 0 Å². The van der Waals surface area contributed by atoms with E-state index in [0.717, 1.165) is 12.2 Å². The number of hydrogen-bond acceptors (Lipinski definition) is 0. The van der Waals surface area contributed by atoms with Crippen LogP contribution in [0.5, 0.6) is 0 Å². The monoisotopic (exact) mass is 356 g/mol. The number of hydrogen-bond donors (Lipinski definition) is 0. The van der Waals surface area contributed by atoms with Crippen LogP contribution in [-0.2, 0) is 0 Å². The molecular formula is C22H16F4. The molecule has 4 heteroatoms.